The molecule has 1 aliphatic carbocycles. The van der Waals surface area contributed by atoms with Gasteiger partial charge in [-0.2, -0.15) is 0 Å². The molecule has 1 heterocycles. The fourth-order valence-corrected chi connectivity index (χ4v) is 5.36. The Hall–Kier alpha value is -3.32. The summed E-state index contributed by atoms with van der Waals surface area (Å²) in [6.45, 7) is 0.698. The Morgan fingerprint density at radius 1 is 0.744 bits per heavy atom. The summed E-state index contributed by atoms with van der Waals surface area (Å²) in [6.07, 6.45) is 8.23. The van der Waals surface area contributed by atoms with E-state index in [-0.39, 0.29) is 36.4 Å². The maximum absolute atomic E-state index is 12.2. The largest absolute Gasteiger partial charge is 0.481 e. The van der Waals surface area contributed by atoms with Gasteiger partial charge in [0.05, 0.1) is 17.9 Å². The van der Waals surface area contributed by atoms with Gasteiger partial charge in [-0.15, -0.1) is 0 Å². The van der Waals surface area contributed by atoms with Crippen molar-refractivity contribution in [3.8, 4) is 0 Å². The Balaban J connectivity index is 0.000000216. The van der Waals surface area contributed by atoms with E-state index in [1.165, 1.54) is 6.42 Å². The fourth-order valence-electron chi connectivity index (χ4n) is 5.36. The van der Waals surface area contributed by atoms with Crippen LogP contribution in [0.3, 0.4) is 0 Å². The van der Waals surface area contributed by atoms with Crippen LogP contribution in [0.4, 0.5) is 0 Å². The first-order chi connectivity index (χ1) is 18.8. The van der Waals surface area contributed by atoms with E-state index in [1.54, 1.807) is 24.3 Å². The van der Waals surface area contributed by atoms with Gasteiger partial charge in [-0.3, -0.25) is 19.2 Å². The summed E-state index contributed by atoms with van der Waals surface area (Å²) in [5.41, 5.74) is 1.55. The molecule has 0 aromatic heterocycles. The van der Waals surface area contributed by atoms with Gasteiger partial charge in [-0.25, -0.2) is 0 Å². The number of aliphatic carboxylic acids is 2. The number of carbonyl (C=O) groups is 4. The van der Waals surface area contributed by atoms with Crippen LogP contribution in [-0.4, -0.2) is 46.4 Å². The number of carboxylic acids is 2. The topological polar surface area (TPSA) is 118 Å². The molecule has 2 aromatic carbocycles. The standard InChI is InChI=1S/C17H22O3.C15H18O4/c18-16(14-9-5-2-6-10-14)12-15(17(19)20)11-13-7-3-1-4-8-13;16-14(11-5-2-1-3-6-11)10-12(15(17)18)9-13-7-4-8-19-13/h1,3-4,7-8,14-15H,2,5-6,9-12H2,(H,19,20);1-3,5-6,12-13H,4,7-10H2,(H,17,18). The number of carboxylic acid groups (broad SMARTS) is 2. The molecule has 2 fully saturated rings. The minimum absolute atomic E-state index is 0.00956. The quantitative estimate of drug-likeness (QED) is 0.320. The van der Waals surface area contributed by atoms with Gasteiger partial charge in [0.15, 0.2) is 5.78 Å². The monoisotopic (exact) mass is 536 g/mol. The lowest BCUT2D eigenvalue weighted by molar-refractivity contribution is -0.144. The Morgan fingerprint density at radius 3 is 1.92 bits per heavy atom. The van der Waals surface area contributed by atoms with Crippen molar-refractivity contribution in [2.24, 2.45) is 17.8 Å². The Kier molecular flexibility index (Phi) is 12.4. The highest BCUT2D eigenvalue weighted by molar-refractivity contribution is 5.97. The van der Waals surface area contributed by atoms with Gasteiger partial charge in [-0.05, 0) is 44.1 Å². The van der Waals surface area contributed by atoms with E-state index in [4.69, 9.17) is 4.74 Å². The fraction of sp³-hybridized carbons (Fsp3) is 0.500. The first-order valence-corrected chi connectivity index (χ1v) is 14.1. The number of hydrogen-bond donors (Lipinski definition) is 2. The highest BCUT2D eigenvalue weighted by Gasteiger charge is 2.28. The molecule has 0 radical (unpaired) electrons. The van der Waals surface area contributed by atoms with Gasteiger partial charge in [0.25, 0.3) is 0 Å². The van der Waals surface area contributed by atoms with E-state index >= 15 is 0 Å². The molecule has 210 valence electrons. The average Bonchev–Trinajstić information content (AvgIpc) is 3.47. The average molecular weight is 537 g/mol. The summed E-state index contributed by atoms with van der Waals surface area (Å²) in [6, 6.07) is 18.4. The zero-order chi connectivity index (χ0) is 28.0. The molecule has 3 unspecified atom stereocenters. The highest BCUT2D eigenvalue weighted by Crippen LogP contribution is 2.27. The third kappa shape index (κ3) is 10.4. The van der Waals surface area contributed by atoms with E-state index in [0.717, 1.165) is 44.1 Å². The van der Waals surface area contributed by atoms with E-state index in [1.807, 2.05) is 36.4 Å². The van der Waals surface area contributed by atoms with Crippen molar-refractivity contribution >= 4 is 23.5 Å². The van der Waals surface area contributed by atoms with Gasteiger partial charge in [-0.1, -0.05) is 79.9 Å². The molecule has 1 aliphatic heterocycles. The van der Waals surface area contributed by atoms with Crippen LogP contribution >= 0.6 is 0 Å². The van der Waals surface area contributed by atoms with Crippen molar-refractivity contribution in [1.82, 2.24) is 0 Å². The lowest BCUT2D eigenvalue weighted by Crippen LogP contribution is -2.25. The van der Waals surface area contributed by atoms with Crippen molar-refractivity contribution in [3.63, 3.8) is 0 Å². The number of rotatable bonds is 12. The van der Waals surface area contributed by atoms with Crippen LogP contribution in [-0.2, 0) is 25.5 Å². The maximum Gasteiger partial charge on any atom is 0.307 e. The molecule has 7 heteroatoms. The lowest BCUT2D eigenvalue weighted by atomic mass is 9.82. The van der Waals surface area contributed by atoms with Crippen molar-refractivity contribution in [2.75, 3.05) is 6.61 Å². The second kappa shape index (κ2) is 15.9. The molecule has 0 spiro atoms. The number of Topliss-reactive ketones (excluding diaryl/α,β-unsaturated/α-hetero) is 2. The number of hydrogen-bond acceptors (Lipinski definition) is 5. The minimum Gasteiger partial charge on any atom is -0.481 e. The molecule has 4 rings (SSSR count). The first kappa shape index (κ1) is 30.2. The smallest absolute Gasteiger partial charge is 0.307 e. The Morgan fingerprint density at radius 2 is 1.36 bits per heavy atom. The number of carbonyl (C=O) groups excluding carboxylic acids is 2. The molecule has 0 bridgehead atoms. The minimum atomic E-state index is -0.917. The van der Waals surface area contributed by atoms with E-state index in [2.05, 4.69) is 0 Å². The summed E-state index contributed by atoms with van der Waals surface area (Å²) < 4.78 is 5.45. The molecule has 39 heavy (non-hydrogen) atoms. The molecule has 0 amide bonds. The van der Waals surface area contributed by atoms with Crippen molar-refractivity contribution < 1.29 is 34.1 Å². The Bertz CT molecular complexity index is 1050. The lowest BCUT2D eigenvalue weighted by Gasteiger charge is -2.22. The van der Waals surface area contributed by atoms with Gasteiger partial charge in [0.1, 0.15) is 5.78 Å². The van der Waals surface area contributed by atoms with Crippen LogP contribution in [0.5, 0.6) is 0 Å². The third-order valence-electron chi connectivity index (χ3n) is 7.63. The number of benzene rings is 2. The summed E-state index contributed by atoms with van der Waals surface area (Å²) in [5, 5.41) is 18.6. The predicted octanol–water partition coefficient (Wildman–Crippen LogP) is 6.00. The zero-order valence-electron chi connectivity index (χ0n) is 22.5. The van der Waals surface area contributed by atoms with Crippen LogP contribution in [0, 0.1) is 17.8 Å². The third-order valence-corrected chi connectivity index (χ3v) is 7.63. The van der Waals surface area contributed by atoms with Crippen LogP contribution in [0.15, 0.2) is 60.7 Å². The van der Waals surface area contributed by atoms with Crippen molar-refractivity contribution in [1.29, 1.82) is 0 Å². The van der Waals surface area contributed by atoms with Crippen LogP contribution in [0.2, 0.25) is 0 Å². The second-order valence-corrected chi connectivity index (χ2v) is 10.6. The number of ether oxygens (including phenoxy) is 1. The predicted molar refractivity (Wildman–Crippen MR) is 148 cm³/mol. The summed E-state index contributed by atoms with van der Waals surface area (Å²) in [7, 11) is 0. The molecule has 7 nitrogen and oxygen atoms in total. The molecule has 2 N–H and O–H groups in total. The van der Waals surface area contributed by atoms with Gasteiger partial charge in [0, 0.05) is 30.9 Å². The molecular formula is C32H40O7. The van der Waals surface area contributed by atoms with Crippen molar-refractivity contribution in [2.45, 2.75) is 76.7 Å². The van der Waals surface area contributed by atoms with Crippen LogP contribution < -0.4 is 0 Å². The highest BCUT2D eigenvalue weighted by atomic mass is 16.5. The first-order valence-electron chi connectivity index (χ1n) is 14.1. The van der Waals surface area contributed by atoms with Crippen molar-refractivity contribution in [3.05, 3.63) is 71.8 Å². The second-order valence-electron chi connectivity index (χ2n) is 10.6. The Labute approximate surface area is 230 Å². The SMILES string of the molecule is O=C(CC(CC1CCCO1)C(=O)O)c1ccccc1.O=C(O)C(CC(=O)C1CCCCC1)Cc1ccccc1. The zero-order valence-corrected chi connectivity index (χ0v) is 22.5. The van der Waals surface area contributed by atoms with E-state index in [9.17, 15) is 29.4 Å². The summed E-state index contributed by atoms with van der Waals surface area (Å²) >= 11 is 0. The molecule has 1 saturated carbocycles. The number of ketones is 2. The summed E-state index contributed by atoms with van der Waals surface area (Å²) in [4.78, 5) is 46.9. The molecular weight excluding hydrogens is 496 g/mol. The molecule has 1 saturated heterocycles. The van der Waals surface area contributed by atoms with Gasteiger partial charge < -0.3 is 14.9 Å². The molecule has 2 aromatic rings. The normalized spacial score (nSPS) is 18.8. The summed E-state index contributed by atoms with van der Waals surface area (Å²) in [5.74, 6) is -2.90. The van der Waals surface area contributed by atoms with Crippen LogP contribution in [0.25, 0.3) is 0 Å². The molecule has 2 aliphatic rings. The van der Waals surface area contributed by atoms with E-state index in [0.29, 0.717) is 25.0 Å². The van der Waals surface area contributed by atoms with Gasteiger partial charge >= 0.3 is 11.9 Å². The molecule has 3 atom stereocenters. The van der Waals surface area contributed by atoms with E-state index < -0.39 is 23.8 Å². The van der Waals surface area contributed by atoms with Crippen LogP contribution in [0.1, 0.15) is 80.1 Å². The maximum atomic E-state index is 12.2. The van der Waals surface area contributed by atoms with Gasteiger partial charge in [0.2, 0.25) is 0 Å².